The first-order chi connectivity index (χ1) is 9.64. The second-order valence-electron chi connectivity index (χ2n) is 7.75. The maximum atomic E-state index is 12.6. The SMILES string of the molecule is CC(C)N(C(=O)O[C@@H](C1=CCCCC1)[Si](C)(C)C)C(C)C. The molecule has 0 spiro atoms. The van der Waals surface area contributed by atoms with Crippen molar-refractivity contribution in [2.24, 2.45) is 0 Å². The number of rotatable bonds is 5. The molecule has 0 radical (unpaired) electrons. The number of carbonyl (C=O) groups is 1. The number of allylic oxidation sites excluding steroid dienone is 1. The van der Waals surface area contributed by atoms with Crippen molar-refractivity contribution < 1.29 is 9.53 Å². The second-order valence-corrected chi connectivity index (χ2v) is 13.0. The molecule has 0 saturated heterocycles. The highest BCUT2D eigenvalue weighted by molar-refractivity contribution is 6.78. The molecule has 0 bridgehead atoms. The van der Waals surface area contributed by atoms with E-state index < -0.39 is 8.07 Å². The van der Waals surface area contributed by atoms with Crippen LogP contribution in [0.2, 0.25) is 19.6 Å². The van der Waals surface area contributed by atoms with Gasteiger partial charge >= 0.3 is 6.09 Å². The molecule has 122 valence electrons. The first-order valence-corrected chi connectivity index (χ1v) is 11.9. The van der Waals surface area contributed by atoms with Crippen molar-refractivity contribution in [3.05, 3.63) is 11.6 Å². The number of ether oxygens (including phenoxy) is 1. The number of amides is 1. The van der Waals surface area contributed by atoms with Crippen LogP contribution < -0.4 is 0 Å². The first kappa shape index (κ1) is 18.3. The van der Waals surface area contributed by atoms with Crippen molar-refractivity contribution in [1.29, 1.82) is 0 Å². The van der Waals surface area contributed by atoms with Crippen molar-refractivity contribution >= 4 is 14.2 Å². The number of hydrogen-bond donors (Lipinski definition) is 0. The third-order valence-electron chi connectivity index (χ3n) is 3.99. The third kappa shape index (κ3) is 5.17. The topological polar surface area (TPSA) is 29.5 Å². The van der Waals surface area contributed by atoms with Crippen LogP contribution in [0.4, 0.5) is 4.79 Å². The Morgan fingerprint density at radius 3 is 2.10 bits per heavy atom. The van der Waals surface area contributed by atoms with Crippen LogP contribution in [0, 0.1) is 0 Å². The van der Waals surface area contributed by atoms with Crippen molar-refractivity contribution in [1.82, 2.24) is 4.90 Å². The lowest BCUT2D eigenvalue weighted by Crippen LogP contribution is -2.49. The Balaban J connectivity index is 2.91. The second kappa shape index (κ2) is 7.48. The van der Waals surface area contributed by atoms with Crippen LogP contribution in [-0.2, 0) is 4.74 Å². The smallest absolute Gasteiger partial charge is 0.410 e. The summed E-state index contributed by atoms with van der Waals surface area (Å²) in [5, 5.41) is 0. The van der Waals surface area contributed by atoms with Crippen LogP contribution in [0.3, 0.4) is 0 Å². The van der Waals surface area contributed by atoms with E-state index in [1.54, 1.807) is 0 Å². The Kier molecular flexibility index (Phi) is 6.51. The van der Waals surface area contributed by atoms with Crippen LogP contribution >= 0.6 is 0 Å². The number of nitrogens with zero attached hydrogens (tertiary/aromatic N) is 1. The van der Waals surface area contributed by atoms with Crippen molar-refractivity contribution in [2.45, 2.75) is 90.8 Å². The van der Waals surface area contributed by atoms with E-state index in [-0.39, 0.29) is 23.9 Å². The van der Waals surface area contributed by atoms with E-state index in [2.05, 4.69) is 25.7 Å². The van der Waals surface area contributed by atoms with Gasteiger partial charge in [0.25, 0.3) is 0 Å². The van der Waals surface area contributed by atoms with Gasteiger partial charge in [-0.3, -0.25) is 0 Å². The van der Waals surface area contributed by atoms with Gasteiger partial charge in [-0.25, -0.2) is 4.79 Å². The van der Waals surface area contributed by atoms with Crippen molar-refractivity contribution in [3.8, 4) is 0 Å². The highest BCUT2D eigenvalue weighted by Crippen LogP contribution is 2.28. The summed E-state index contributed by atoms with van der Waals surface area (Å²) in [6.07, 6.45) is 6.87. The number of carbonyl (C=O) groups excluding carboxylic acids is 1. The van der Waals surface area contributed by atoms with Gasteiger partial charge in [0.1, 0.15) is 5.73 Å². The quantitative estimate of drug-likeness (QED) is 0.529. The Hall–Kier alpha value is -0.773. The molecular formula is C17H33NO2Si. The molecule has 1 amide bonds. The zero-order chi connectivity index (χ0) is 16.2. The van der Waals surface area contributed by atoms with Gasteiger partial charge in [0.15, 0.2) is 0 Å². The van der Waals surface area contributed by atoms with E-state index in [0.717, 1.165) is 12.8 Å². The molecule has 0 aromatic rings. The largest absolute Gasteiger partial charge is 0.446 e. The van der Waals surface area contributed by atoms with Gasteiger partial charge in [0, 0.05) is 12.1 Å². The maximum absolute atomic E-state index is 12.6. The summed E-state index contributed by atoms with van der Waals surface area (Å²) in [6.45, 7) is 15.0. The molecule has 0 unspecified atom stereocenters. The van der Waals surface area contributed by atoms with Crippen LogP contribution in [0.1, 0.15) is 53.4 Å². The molecule has 0 fully saturated rings. The maximum Gasteiger partial charge on any atom is 0.410 e. The molecule has 0 aliphatic heterocycles. The predicted octanol–water partition coefficient (Wildman–Crippen LogP) is 4.99. The van der Waals surface area contributed by atoms with E-state index >= 15 is 0 Å². The van der Waals surface area contributed by atoms with Crippen LogP contribution in [0.5, 0.6) is 0 Å². The molecule has 0 heterocycles. The van der Waals surface area contributed by atoms with Gasteiger partial charge in [-0.15, -0.1) is 0 Å². The average Bonchev–Trinajstić information content (AvgIpc) is 2.34. The predicted molar refractivity (Wildman–Crippen MR) is 92.3 cm³/mol. The number of hydrogen-bond acceptors (Lipinski definition) is 2. The first-order valence-electron chi connectivity index (χ1n) is 8.32. The summed E-state index contributed by atoms with van der Waals surface area (Å²) >= 11 is 0. The summed E-state index contributed by atoms with van der Waals surface area (Å²) in [7, 11) is -1.59. The highest BCUT2D eigenvalue weighted by atomic mass is 28.3. The van der Waals surface area contributed by atoms with Gasteiger partial charge in [0.2, 0.25) is 0 Å². The van der Waals surface area contributed by atoms with E-state index in [1.807, 2.05) is 32.6 Å². The lowest BCUT2D eigenvalue weighted by Gasteiger charge is -2.36. The Morgan fingerprint density at radius 2 is 1.71 bits per heavy atom. The van der Waals surface area contributed by atoms with Crippen LogP contribution in [-0.4, -0.2) is 36.9 Å². The summed E-state index contributed by atoms with van der Waals surface area (Å²) in [5.74, 6) is 0. The summed E-state index contributed by atoms with van der Waals surface area (Å²) in [4.78, 5) is 14.5. The van der Waals surface area contributed by atoms with Gasteiger partial charge in [0.05, 0.1) is 8.07 Å². The lowest BCUT2D eigenvalue weighted by molar-refractivity contribution is 0.0732. The van der Waals surface area contributed by atoms with E-state index in [0.29, 0.717) is 0 Å². The van der Waals surface area contributed by atoms with E-state index in [1.165, 1.54) is 18.4 Å². The Labute approximate surface area is 131 Å². The molecule has 1 rings (SSSR count). The summed E-state index contributed by atoms with van der Waals surface area (Å²) < 4.78 is 6.02. The standard InChI is InChI=1S/C17H33NO2Si/c1-13(2)18(14(3)4)17(19)20-16(21(5,6)7)15-11-9-8-10-12-15/h11,13-14,16H,8-10,12H2,1-7H3/t16-/m1/s1. The van der Waals surface area contributed by atoms with E-state index in [4.69, 9.17) is 4.74 Å². The fourth-order valence-corrected chi connectivity index (χ4v) is 4.92. The monoisotopic (exact) mass is 311 g/mol. The Bertz CT molecular complexity index is 375. The minimum Gasteiger partial charge on any atom is -0.446 e. The molecule has 0 aromatic carbocycles. The molecule has 1 atom stereocenters. The normalized spacial score (nSPS) is 17.7. The summed E-state index contributed by atoms with van der Waals surface area (Å²) in [6, 6.07) is 0.334. The lowest BCUT2D eigenvalue weighted by atomic mass is 10.0. The van der Waals surface area contributed by atoms with Gasteiger partial charge < -0.3 is 9.64 Å². The fraction of sp³-hybridized carbons (Fsp3) is 0.824. The molecule has 3 nitrogen and oxygen atoms in total. The molecule has 21 heavy (non-hydrogen) atoms. The van der Waals surface area contributed by atoms with Gasteiger partial charge in [-0.2, -0.15) is 0 Å². The molecule has 1 aliphatic rings. The zero-order valence-corrected chi connectivity index (χ0v) is 15.9. The Morgan fingerprint density at radius 1 is 1.14 bits per heavy atom. The zero-order valence-electron chi connectivity index (χ0n) is 14.9. The molecule has 0 aromatic heterocycles. The molecule has 4 heteroatoms. The van der Waals surface area contributed by atoms with E-state index in [9.17, 15) is 4.79 Å². The summed E-state index contributed by atoms with van der Waals surface area (Å²) in [5.41, 5.74) is 1.38. The minimum atomic E-state index is -1.59. The molecule has 1 aliphatic carbocycles. The fourth-order valence-electron chi connectivity index (χ4n) is 3.09. The molecular weight excluding hydrogens is 278 g/mol. The molecule has 0 saturated carbocycles. The highest BCUT2D eigenvalue weighted by Gasteiger charge is 2.35. The molecule has 0 N–H and O–H groups in total. The minimum absolute atomic E-state index is 0.0188. The van der Waals surface area contributed by atoms with Crippen LogP contribution in [0.15, 0.2) is 11.6 Å². The van der Waals surface area contributed by atoms with Crippen LogP contribution in [0.25, 0.3) is 0 Å². The third-order valence-corrected chi connectivity index (χ3v) is 6.05. The average molecular weight is 312 g/mol. The van der Waals surface area contributed by atoms with Gasteiger partial charge in [-0.05, 0) is 59.0 Å². The van der Waals surface area contributed by atoms with Gasteiger partial charge in [-0.1, -0.05) is 25.7 Å². The van der Waals surface area contributed by atoms with Crippen molar-refractivity contribution in [2.75, 3.05) is 0 Å². The van der Waals surface area contributed by atoms with Crippen molar-refractivity contribution in [3.63, 3.8) is 0 Å².